The Labute approximate surface area is 106 Å². The zero-order valence-electron chi connectivity index (χ0n) is 10.5. The van der Waals surface area contributed by atoms with E-state index in [0.29, 0.717) is 12.1 Å². The molecule has 0 aliphatic carbocycles. The highest BCUT2D eigenvalue weighted by atomic mass is 16.4. The van der Waals surface area contributed by atoms with Gasteiger partial charge in [-0.1, -0.05) is 36.8 Å². The summed E-state index contributed by atoms with van der Waals surface area (Å²) in [5, 5.41) is 18.1. The number of hydrogen-bond acceptors (Lipinski definition) is 3. The number of nitrogens with zero attached hydrogens (tertiary/aromatic N) is 1. The molecular weight excluding hydrogens is 234 g/mol. The van der Waals surface area contributed by atoms with E-state index in [0.717, 1.165) is 5.56 Å². The molecule has 0 aliphatic heterocycles. The molecule has 5 nitrogen and oxygen atoms in total. The van der Waals surface area contributed by atoms with E-state index in [2.05, 4.69) is 0 Å². The zero-order chi connectivity index (χ0) is 13.7. The molecule has 0 saturated heterocycles. The van der Waals surface area contributed by atoms with Crippen molar-refractivity contribution in [3.63, 3.8) is 0 Å². The van der Waals surface area contributed by atoms with Crippen LogP contribution in [0.2, 0.25) is 0 Å². The van der Waals surface area contributed by atoms with Crippen molar-refractivity contribution in [3.05, 3.63) is 35.4 Å². The van der Waals surface area contributed by atoms with Gasteiger partial charge in [0.2, 0.25) is 0 Å². The summed E-state index contributed by atoms with van der Waals surface area (Å²) in [6.45, 7) is 3.72. The molecule has 0 aromatic heterocycles. The zero-order valence-corrected chi connectivity index (χ0v) is 10.5. The fraction of sp³-hybridized carbons (Fsp3) is 0.385. The fourth-order valence-electron chi connectivity index (χ4n) is 1.82. The lowest BCUT2D eigenvalue weighted by molar-refractivity contribution is -0.146. The molecule has 1 unspecified atom stereocenters. The molecule has 2 N–H and O–H groups in total. The second kappa shape index (κ2) is 6.16. The van der Waals surface area contributed by atoms with E-state index in [1.54, 1.807) is 19.1 Å². The molecule has 1 rings (SSSR count). The van der Waals surface area contributed by atoms with Crippen molar-refractivity contribution in [1.82, 2.24) is 4.90 Å². The van der Waals surface area contributed by atoms with Crippen molar-refractivity contribution in [2.24, 2.45) is 0 Å². The van der Waals surface area contributed by atoms with E-state index >= 15 is 0 Å². The third kappa shape index (κ3) is 3.56. The molecule has 0 amide bonds. The van der Waals surface area contributed by atoms with Gasteiger partial charge in [-0.2, -0.15) is 0 Å². The minimum absolute atomic E-state index is 0.290. The van der Waals surface area contributed by atoms with Crippen molar-refractivity contribution in [1.29, 1.82) is 0 Å². The van der Waals surface area contributed by atoms with Gasteiger partial charge in [0.25, 0.3) is 0 Å². The van der Waals surface area contributed by atoms with Crippen LogP contribution in [0.4, 0.5) is 0 Å². The van der Waals surface area contributed by atoms with E-state index in [1.807, 2.05) is 19.1 Å². The van der Waals surface area contributed by atoms with E-state index in [4.69, 9.17) is 5.11 Å². The molecule has 0 heterocycles. The third-order valence-electron chi connectivity index (χ3n) is 2.74. The van der Waals surface area contributed by atoms with Gasteiger partial charge in [0.05, 0.1) is 6.54 Å². The lowest BCUT2D eigenvalue weighted by Crippen LogP contribution is -2.37. The highest BCUT2D eigenvalue weighted by Crippen LogP contribution is 2.21. The van der Waals surface area contributed by atoms with Gasteiger partial charge in [0, 0.05) is 0 Å². The Kier molecular flexibility index (Phi) is 4.85. The molecule has 0 aliphatic rings. The number of carboxylic acids is 2. The normalized spacial score (nSPS) is 12.4. The van der Waals surface area contributed by atoms with Gasteiger partial charge < -0.3 is 10.2 Å². The number of aryl methyl sites for hydroxylation is 1. The average molecular weight is 251 g/mol. The predicted molar refractivity (Wildman–Crippen MR) is 66.4 cm³/mol. The van der Waals surface area contributed by atoms with Gasteiger partial charge in [-0.15, -0.1) is 0 Å². The molecule has 0 radical (unpaired) electrons. The number of benzene rings is 1. The lowest BCUT2D eigenvalue weighted by Gasteiger charge is -2.26. The first-order chi connectivity index (χ1) is 8.45. The van der Waals surface area contributed by atoms with Gasteiger partial charge in [-0.05, 0) is 19.0 Å². The second-order valence-electron chi connectivity index (χ2n) is 4.11. The molecule has 1 atom stereocenters. The number of hydrogen-bond donors (Lipinski definition) is 2. The summed E-state index contributed by atoms with van der Waals surface area (Å²) in [6, 6.07) is 6.16. The summed E-state index contributed by atoms with van der Waals surface area (Å²) >= 11 is 0. The van der Waals surface area contributed by atoms with E-state index in [-0.39, 0.29) is 6.54 Å². The Bertz CT molecular complexity index is 427. The van der Waals surface area contributed by atoms with Gasteiger partial charge in [0.1, 0.15) is 6.04 Å². The summed E-state index contributed by atoms with van der Waals surface area (Å²) in [5.41, 5.74) is 1.63. The Hall–Kier alpha value is -1.88. The third-order valence-corrected chi connectivity index (χ3v) is 2.74. The first-order valence-corrected chi connectivity index (χ1v) is 5.71. The van der Waals surface area contributed by atoms with Crippen molar-refractivity contribution in [3.8, 4) is 0 Å². The van der Waals surface area contributed by atoms with Crippen LogP contribution < -0.4 is 0 Å². The highest BCUT2D eigenvalue weighted by Gasteiger charge is 2.27. The summed E-state index contributed by atoms with van der Waals surface area (Å²) in [5.74, 6) is -2.07. The standard InChI is InChI=1S/C13H17NO4/c1-3-14(8-11(15)16)12(13(17)18)10-6-4-9(2)5-7-10/h4-7,12H,3,8H2,1-2H3,(H,15,16)(H,17,18). The predicted octanol–water partition coefficient (Wildman–Crippen LogP) is 1.53. The fourth-order valence-corrected chi connectivity index (χ4v) is 1.82. The van der Waals surface area contributed by atoms with Crippen LogP contribution in [0.25, 0.3) is 0 Å². The molecule has 1 aromatic carbocycles. The largest absolute Gasteiger partial charge is 0.480 e. The minimum Gasteiger partial charge on any atom is -0.480 e. The van der Waals surface area contributed by atoms with Crippen LogP contribution in [0, 0.1) is 6.92 Å². The van der Waals surface area contributed by atoms with Crippen molar-refractivity contribution >= 4 is 11.9 Å². The molecule has 18 heavy (non-hydrogen) atoms. The Morgan fingerprint density at radius 3 is 2.17 bits per heavy atom. The summed E-state index contributed by atoms with van der Waals surface area (Å²) in [6.07, 6.45) is 0. The second-order valence-corrected chi connectivity index (χ2v) is 4.11. The van der Waals surface area contributed by atoms with Crippen LogP contribution in [0.15, 0.2) is 24.3 Å². The molecule has 0 bridgehead atoms. The van der Waals surface area contributed by atoms with Gasteiger partial charge in [-0.3, -0.25) is 14.5 Å². The molecule has 1 aromatic rings. The van der Waals surface area contributed by atoms with E-state index in [9.17, 15) is 14.7 Å². The van der Waals surface area contributed by atoms with Gasteiger partial charge >= 0.3 is 11.9 Å². The summed E-state index contributed by atoms with van der Waals surface area (Å²) in [4.78, 5) is 23.5. The molecule has 5 heteroatoms. The van der Waals surface area contributed by atoms with Crippen LogP contribution in [-0.4, -0.2) is 40.1 Å². The summed E-state index contributed by atoms with van der Waals surface area (Å²) in [7, 11) is 0. The Morgan fingerprint density at radius 1 is 1.22 bits per heavy atom. The minimum atomic E-state index is -1.04. The number of carbonyl (C=O) groups is 2. The van der Waals surface area contributed by atoms with Crippen LogP contribution >= 0.6 is 0 Å². The van der Waals surface area contributed by atoms with Crippen molar-refractivity contribution in [2.45, 2.75) is 19.9 Å². The van der Waals surface area contributed by atoms with E-state index in [1.165, 1.54) is 4.90 Å². The lowest BCUT2D eigenvalue weighted by atomic mass is 10.0. The van der Waals surface area contributed by atoms with Gasteiger partial charge in [0.15, 0.2) is 0 Å². The van der Waals surface area contributed by atoms with Crippen LogP contribution in [0.1, 0.15) is 24.1 Å². The maximum atomic E-state index is 11.3. The number of aliphatic carboxylic acids is 2. The van der Waals surface area contributed by atoms with Crippen molar-refractivity contribution in [2.75, 3.05) is 13.1 Å². The smallest absolute Gasteiger partial charge is 0.325 e. The van der Waals surface area contributed by atoms with Crippen LogP contribution in [-0.2, 0) is 9.59 Å². The quantitative estimate of drug-likeness (QED) is 0.801. The van der Waals surface area contributed by atoms with Gasteiger partial charge in [-0.25, -0.2) is 0 Å². The van der Waals surface area contributed by atoms with E-state index < -0.39 is 18.0 Å². The maximum absolute atomic E-state index is 11.3. The Morgan fingerprint density at radius 2 is 1.78 bits per heavy atom. The molecule has 0 fully saturated rings. The monoisotopic (exact) mass is 251 g/mol. The average Bonchev–Trinajstić information content (AvgIpc) is 2.29. The number of carboxylic acid groups (broad SMARTS) is 2. The first kappa shape index (κ1) is 14.2. The number of rotatable bonds is 6. The van der Waals surface area contributed by atoms with Crippen LogP contribution in [0.5, 0.6) is 0 Å². The molecule has 0 spiro atoms. The van der Waals surface area contributed by atoms with Crippen LogP contribution in [0.3, 0.4) is 0 Å². The highest BCUT2D eigenvalue weighted by molar-refractivity contribution is 5.77. The van der Waals surface area contributed by atoms with Crippen molar-refractivity contribution < 1.29 is 19.8 Å². The molecule has 98 valence electrons. The summed E-state index contributed by atoms with van der Waals surface area (Å²) < 4.78 is 0. The molecular formula is C13H17NO4. The topological polar surface area (TPSA) is 77.8 Å². The maximum Gasteiger partial charge on any atom is 0.325 e. The Balaban J connectivity index is 3.04. The first-order valence-electron chi connectivity index (χ1n) is 5.71. The number of likely N-dealkylation sites (N-methyl/N-ethyl adjacent to an activating group) is 1. The molecule has 0 saturated carbocycles. The SMILES string of the molecule is CCN(CC(=O)O)C(C(=O)O)c1ccc(C)cc1.